The van der Waals surface area contributed by atoms with Gasteiger partial charge in [-0.15, -0.1) is 0 Å². The molecule has 26 heavy (non-hydrogen) atoms. The standard InChI is InChI=1S/C18H24N2O4S2/c1-2-3-4-16(19-17(21)22)11-24-18(23)20(9-14-5-7-25-12-14)10-15-6-8-26-13-15/h5-8,12-13,16,19H,2-4,9-11H2,1H3,(H,21,22)/t16-/m0/s1. The number of hydrogen-bond donors (Lipinski definition) is 2. The van der Waals surface area contributed by atoms with E-state index in [0.29, 0.717) is 19.5 Å². The number of nitrogens with zero attached hydrogens (tertiary/aromatic N) is 1. The third-order valence-corrected chi connectivity index (χ3v) is 5.27. The number of nitrogens with one attached hydrogen (secondary N) is 1. The van der Waals surface area contributed by atoms with Crippen LogP contribution in [0, 0.1) is 0 Å². The third-order valence-electron chi connectivity index (χ3n) is 3.81. The monoisotopic (exact) mass is 396 g/mol. The second-order valence-electron chi connectivity index (χ2n) is 5.98. The van der Waals surface area contributed by atoms with Crippen molar-refractivity contribution in [1.29, 1.82) is 0 Å². The number of rotatable bonds is 10. The van der Waals surface area contributed by atoms with Crippen LogP contribution < -0.4 is 5.32 Å². The lowest BCUT2D eigenvalue weighted by atomic mass is 10.1. The Labute approximate surface area is 161 Å². The van der Waals surface area contributed by atoms with Gasteiger partial charge in [0.15, 0.2) is 0 Å². The lowest BCUT2D eigenvalue weighted by Crippen LogP contribution is -2.40. The van der Waals surface area contributed by atoms with E-state index in [-0.39, 0.29) is 12.6 Å². The molecule has 2 aromatic heterocycles. The van der Waals surface area contributed by atoms with Crippen molar-refractivity contribution in [2.75, 3.05) is 6.61 Å². The van der Waals surface area contributed by atoms with Crippen molar-refractivity contribution >= 4 is 34.9 Å². The zero-order valence-corrected chi connectivity index (χ0v) is 16.4. The molecule has 0 aliphatic rings. The normalized spacial score (nSPS) is 11.7. The van der Waals surface area contributed by atoms with E-state index in [1.165, 1.54) is 0 Å². The van der Waals surface area contributed by atoms with Gasteiger partial charge in [-0.25, -0.2) is 9.59 Å². The molecule has 0 spiro atoms. The maximum absolute atomic E-state index is 12.6. The Balaban J connectivity index is 1.96. The Bertz CT molecular complexity index is 623. The summed E-state index contributed by atoms with van der Waals surface area (Å²) in [4.78, 5) is 25.2. The maximum Gasteiger partial charge on any atom is 0.410 e. The molecule has 0 fully saturated rings. The number of ether oxygens (including phenoxy) is 1. The molecule has 0 unspecified atom stereocenters. The molecule has 0 radical (unpaired) electrons. The molecule has 0 aromatic carbocycles. The Morgan fingerprint density at radius 2 is 1.81 bits per heavy atom. The molecule has 0 bridgehead atoms. The summed E-state index contributed by atoms with van der Waals surface area (Å²) in [5, 5.41) is 19.3. The minimum absolute atomic E-state index is 0.0366. The summed E-state index contributed by atoms with van der Waals surface area (Å²) in [5.74, 6) is 0. The second kappa shape index (κ2) is 10.8. The fourth-order valence-electron chi connectivity index (χ4n) is 2.48. The van der Waals surface area contributed by atoms with Crippen molar-refractivity contribution in [1.82, 2.24) is 10.2 Å². The first-order chi connectivity index (χ1) is 12.6. The Kier molecular flexibility index (Phi) is 8.43. The minimum atomic E-state index is -1.10. The van der Waals surface area contributed by atoms with Crippen molar-refractivity contribution in [3.8, 4) is 0 Å². The molecule has 6 nitrogen and oxygen atoms in total. The molecule has 0 aliphatic carbocycles. The smallest absolute Gasteiger partial charge is 0.410 e. The SMILES string of the molecule is CCCC[C@@H](COC(=O)N(Cc1ccsc1)Cc1ccsc1)NC(=O)O. The van der Waals surface area contributed by atoms with E-state index in [1.807, 2.05) is 40.6 Å². The lowest BCUT2D eigenvalue weighted by molar-refractivity contribution is 0.0857. The molecule has 2 heterocycles. The first-order valence-electron chi connectivity index (χ1n) is 8.51. The first kappa shape index (κ1) is 20.3. The molecule has 8 heteroatoms. The van der Waals surface area contributed by atoms with Crippen LogP contribution >= 0.6 is 22.7 Å². The first-order valence-corrected chi connectivity index (χ1v) is 10.4. The van der Waals surface area contributed by atoms with E-state index in [9.17, 15) is 9.59 Å². The summed E-state index contributed by atoms with van der Waals surface area (Å²) >= 11 is 3.17. The van der Waals surface area contributed by atoms with Gasteiger partial charge in [-0.3, -0.25) is 4.90 Å². The molecule has 0 saturated heterocycles. The molecular weight excluding hydrogens is 372 g/mol. The van der Waals surface area contributed by atoms with Crippen LogP contribution in [0.15, 0.2) is 33.7 Å². The summed E-state index contributed by atoms with van der Waals surface area (Å²) in [6.07, 6.45) is 0.932. The fourth-order valence-corrected chi connectivity index (χ4v) is 3.80. The Morgan fingerprint density at radius 1 is 1.19 bits per heavy atom. The largest absolute Gasteiger partial charge is 0.465 e. The predicted molar refractivity (Wildman–Crippen MR) is 104 cm³/mol. The topological polar surface area (TPSA) is 78.9 Å². The summed E-state index contributed by atoms with van der Waals surface area (Å²) in [6, 6.07) is 3.57. The summed E-state index contributed by atoms with van der Waals surface area (Å²) in [6.45, 7) is 3.00. The van der Waals surface area contributed by atoms with Crippen LogP contribution in [0.3, 0.4) is 0 Å². The molecule has 0 saturated carbocycles. The third kappa shape index (κ3) is 7.05. The average Bonchev–Trinajstić information content (AvgIpc) is 3.30. The maximum atomic E-state index is 12.6. The number of carbonyl (C=O) groups is 2. The summed E-state index contributed by atoms with van der Waals surface area (Å²) in [5.41, 5.74) is 2.10. The van der Waals surface area contributed by atoms with Crippen LogP contribution in [0.5, 0.6) is 0 Å². The van der Waals surface area contributed by atoms with Crippen LogP contribution in [0.1, 0.15) is 37.3 Å². The fraction of sp³-hybridized carbons (Fsp3) is 0.444. The highest BCUT2D eigenvalue weighted by atomic mass is 32.1. The molecule has 142 valence electrons. The van der Waals surface area contributed by atoms with E-state index in [0.717, 1.165) is 24.0 Å². The number of unbranched alkanes of at least 4 members (excludes halogenated alkanes) is 1. The van der Waals surface area contributed by atoms with E-state index in [4.69, 9.17) is 9.84 Å². The number of thiophene rings is 2. The highest BCUT2D eigenvalue weighted by molar-refractivity contribution is 7.08. The van der Waals surface area contributed by atoms with E-state index >= 15 is 0 Å². The molecule has 2 amide bonds. The average molecular weight is 397 g/mol. The zero-order valence-electron chi connectivity index (χ0n) is 14.7. The van der Waals surface area contributed by atoms with Crippen molar-refractivity contribution in [3.63, 3.8) is 0 Å². The van der Waals surface area contributed by atoms with Gasteiger partial charge in [0.1, 0.15) is 6.61 Å². The Hall–Kier alpha value is -2.06. The van der Waals surface area contributed by atoms with Crippen molar-refractivity contribution in [2.24, 2.45) is 0 Å². The summed E-state index contributed by atoms with van der Waals surface area (Å²) in [7, 11) is 0. The second-order valence-corrected chi connectivity index (χ2v) is 7.54. The van der Waals surface area contributed by atoms with E-state index < -0.39 is 12.2 Å². The molecule has 1 atom stereocenters. The number of carbonyl (C=O) groups excluding carboxylic acids is 1. The summed E-state index contributed by atoms with van der Waals surface area (Å²) < 4.78 is 5.43. The van der Waals surface area contributed by atoms with Gasteiger partial charge in [0.2, 0.25) is 0 Å². The highest BCUT2D eigenvalue weighted by Crippen LogP contribution is 2.16. The van der Waals surface area contributed by atoms with Gasteiger partial charge in [0, 0.05) is 0 Å². The number of hydrogen-bond acceptors (Lipinski definition) is 5. The van der Waals surface area contributed by atoms with Gasteiger partial charge >= 0.3 is 12.2 Å². The van der Waals surface area contributed by atoms with Gasteiger partial charge in [0.05, 0.1) is 19.1 Å². The van der Waals surface area contributed by atoms with Crippen LogP contribution in [0.25, 0.3) is 0 Å². The molecule has 2 aromatic rings. The van der Waals surface area contributed by atoms with Gasteiger partial charge in [-0.1, -0.05) is 19.8 Å². The van der Waals surface area contributed by atoms with Crippen LogP contribution in [-0.2, 0) is 17.8 Å². The van der Waals surface area contributed by atoms with Gasteiger partial charge in [0.25, 0.3) is 0 Å². The zero-order chi connectivity index (χ0) is 18.8. The number of carboxylic acid groups (broad SMARTS) is 1. The van der Waals surface area contributed by atoms with Crippen molar-refractivity contribution in [3.05, 3.63) is 44.8 Å². The quantitative estimate of drug-likeness (QED) is 0.606. The Morgan fingerprint density at radius 3 is 2.27 bits per heavy atom. The van der Waals surface area contributed by atoms with Crippen LogP contribution in [0.2, 0.25) is 0 Å². The highest BCUT2D eigenvalue weighted by Gasteiger charge is 2.19. The van der Waals surface area contributed by atoms with Crippen molar-refractivity contribution in [2.45, 2.75) is 45.3 Å². The van der Waals surface area contributed by atoms with E-state index in [2.05, 4.69) is 5.32 Å². The minimum Gasteiger partial charge on any atom is -0.465 e. The molecule has 2 N–H and O–H groups in total. The van der Waals surface area contributed by atoms with Gasteiger partial charge in [-0.2, -0.15) is 22.7 Å². The van der Waals surface area contributed by atoms with Gasteiger partial charge < -0.3 is 15.2 Å². The van der Waals surface area contributed by atoms with Crippen LogP contribution in [-0.4, -0.2) is 34.8 Å². The van der Waals surface area contributed by atoms with Crippen molar-refractivity contribution < 1.29 is 19.4 Å². The molecular formula is C18H24N2O4S2. The molecule has 0 aliphatic heterocycles. The number of amides is 2. The van der Waals surface area contributed by atoms with Crippen LogP contribution in [0.4, 0.5) is 9.59 Å². The lowest BCUT2D eigenvalue weighted by Gasteiger charge is -2.23. The predicted octanol–water partition coefficient (Wildman–Crippen LogP) is 4.77. The molecule has 2 rings (SSSR count). The van der Waals surface area contributed by atoms with E-state index in [1.54, 1.807) is 27.6 Å². The van der Waals surface area contributed by atoms with Gasteiger partial charge in [-0.05, 0) is 51.2 Å².